The highest BCUT2D eigenvalue weighted by Gasteiger charge is 2.41. The number of methoxy groups -OCH3 is 1. The first-order chi connectivity index (χ1) is 21.1. The Morgan fingerprint density at radius 1 is 1.09 bits per heavy atom. The number of aliphatic hydroxyl groups excluding tert-OH is 3. The second-order valence-corrected chi connectivity index (χ2v) is 13.2. The van der Waals surface area contributed by atoms with Crippen LogP contribution in [0.3, 0.4) is 0 Å². The Morgan fingerprint density at radius 2 is 1.84 bits per heavy atom. The number of ether oxygens (including phenoxy) is 2. The van der Waals surface area contributed by atoms with Crippen LogP contribution in [0.2, 0.25) is 10.0 Å². The molecule has 2 aromatic rings. The summed E-state index contributed by atoms with van der Waals surface area (Å²) in [5.74, 6) is 0.631. The van der Waals surface area contributed by atoms with Crippen molar-refractivity contribution in [3.63, 3.8) is 0 Å². The van der Waals surface area contributed by atoms with Gasteiger partial charge in [-0.3, -0.25) is 9.59 Å². The molecule has 2 aliphatic rings. The molecule has 44 heavy (non-hydrogen) atoms. The van der Waals surface area contributed by atoms with Crippen LogP contribution in [0, 0.1) is 9.49 Å². The van der Waals surface area contributed by atoms with E-state index in [4.69, 9.17) is 32.7 Å². The van der Waals surface area contributed by atoms with Crippen LogP contribution < -0.4 is 14.8 Å². The molecule has 0 radical (unpaired) electrons. The number of hydrogen-bond donors (Lipinski definition) is 4. The molecule has 1 saturated carbocycles. The van der Waals surface area contributed by atoms with Gasteiger partial charge >= 0.3 is 0 Å². The van der Waals surface area contributed by atoms with Crippen molar-refractivity contribution in [3.8, 4) is 11.5 Å². The lowest BCUT2D eigenvalue weighted by Crippen LogP contribution is -2.54. The predicted octanol–water partition coefficient (Wildman–Crippen LogP) is 5.01. The van der Waals surface area contributed by atoms with Gasteiger partial charge < -0.3 is 35.0 Å². The van der Waals surface area contributed by atoms with Crippen molar-refractivity contribution in [2.45, 2.75) is 76.3 Å². The van der Waals surface area contributed by atoms with Crippen molar-refractivity contribution in [2.75, 3.05) is 20.3 Å². The SMILES string of the molecule is COc1cc(CO)cc(I)c1O[C@H]1C=C(C(=O)NCCO)C[C@@H](N(Cc2ccc(Cl)c(Cl)c2)C(=O)CCC2CCCC2)[C@@H]1O. The molecule has 0 saturated heterocycles. The summed E-state index contributed by atoms with van der Waals surface area (Å²) in [7, 11) is 1.48. The van der Waals surface area contributed by atoms with Gasteiger partial charge in [0.1, 0.15) is 12.2 Å². The van der Waals surface area contributed by atoms with Crippen LogP contribution in [-0.4, -0.2) is 70.5 Å². The monoisotopic (exact) mass is 760 g/mol. The fourth-order valence-electron chi connectivity index (χ4n) is 5.89. The maximum Gasteiger partial charge on any atom is 0.247 e. The molecule has 2 amide bonds. The van der Waals surface area contributed by atoms with Crippen molar-refractivity contribution in [2.24, 2.45) is 5.92 Å². The number of carbonyl (C=O) groups excluding carboxylic acids is 2. The third kappa shape index (κ3) is 8.79. The van der Waals surface area contributed by atoms with Crippen molar-refractivity contribution in [3.05, 3.63) is 66.7 Å². The number of aliphatic hydroxyl groups is 3. The van der Waals surface area contributed by atoms with E-state index in [0.717, 1.165) is 24.8 Å². The molecule has 0 bridgehead atoms. The second kappa shape index (κ2) is 16.5. The van der Waals surface area contributed by atoms with E-state index in [1.165, 1.54) is 20.0 Å². The number of halogens is 3. The zero-order valence-corrected chi connectivity index (χ0v) is 28.3. The summed E-state index contributed by atoms with van der Waals surface area (Å²) in [6.45, 7) is -0.230. The van der Waals surface area contributed by atoms with Crippen molar-refractivity contribution < 1.29 is 34.4 Å². The minimum Gasteiger partial charge on any atom is -0.493 e. The summed E-state index contributed by atoms with van der Waals surface area (Å²) in [5.41, 5.74) is 1.68. The molecule has 4 N–H and O–H groups in total. The Labute approximate surface area is 281 Å². The normalized spacial score (nSPS) is 20.2. The number of hydrogen-bond acceptors (Lipinski definition) is 7. The number of rotatable bonds is 13. The first-order valence-electron chi connectivity index (χ1n) is 14.8. The Balaban J connectivity index is 1.70. The summed E-state index contributed by atoms with van der Waals surface area (Å²) in [6.07, 6.45) is 5.03. The molecule has 240 valence electrons. The zero-order valence-electron chi connectivity index (χ0n) is 24.6. The summed E-state index contributed by atoms with van der Waals surface area (Å²) in [4.78, 5) is 28.8. The van der Waals surface area contributed by atoms with Gasteiger partial charge in [0.15, 0.2) is 11.5 Å². The van der Waals surface area contributed by atoms with Crippen LogP contribution >= 0.6 is 45.8 Å². The average Bonchev–Trinajstić information content (AvgIpc) is 3.54. The van der Waals surface area contributed by atoms with E-state index in [1.807, 2.05) is 0 Å². The average molecular weight is 761 g/mol. The van der Waals surface area contributed by atoms with E-state index in [0.29, 0.717) is 48.6 Å². The Kier molecular flexibility index (Phi) is 13.0. The lowest BCUT2D eigenvalue weighted by atomic mass is 9.87. The summed E-state index contributed by atoms with van der Waals surface area (Å²) < 4.78 is 12.5. The van der Waals surface area contributed by atoms with E-state index in [2.05, 4.69) is 27.9 Å². The Bertz CT molecular complexity index is 1350. The maximum absolute atomic E-state index is 14.0. The smallest absolute Gasteiger partial charge is 0.247 e. The molecule has 2 aliphatic carbocycles. The molecule has 1 fully saturated rings. The van der Waals surface area contributed by atoms with Crippen LogP contribution in [0.25, 0.3) is 0 Å². The molecular weight excluding hydrogens is 722 g/mol. The van der Waals surface area contributed by atoms with Gasteiger partial charge in [-0.25, -0.2) is 0 Å². The second-order valence-electron chi connectivity index (χ2n) is 11.2. The predicted molar refractivity (Wildman–Crippen MR) is 177 cm³/mol. The highest BCUT2D eigenvalue weighted by molar-refractivity contribution is 14.1. The fraction of sp³-hybridized carbons (Fsp3) is 0.500. The number of amides is 2. The van der Waals surface area contributed by atoms with Crippen molar-refractivity contribution >= 4 is 57.6 Å². The fourth-order valence-corrected chi connectivity index (χ4v) is 7.00. The molecular formula is C32H39Cl2IN2O7. The van der Waals surface area contributed by atoms with Crippen LogP contribution in [0.1, 0.15) is 56.1 Å². The Hall–Kier alpha value is -2.09. The molecule has 0 aromatic heterocycles. The van der Waals surface area contributed by atoms with Crippen molar-refractivity contribution in [1.29, 1.82) is 0 Å². The number of benzene rings is 2. The lowest BCUT2D eigenvalue weighted by Gasteiger charge is -2.41. The van der Waals surface area contributed by atoms with E-state index < -0.39 is 24.2 Å². The largest absolute Gasteiger partial charge is 0.493 e. The highest BCUT2D eigenvalue weighted by atomic mass is 127. The lowest BCUT2D eigenvalue weighted by molar-refractivity contribution is -0.139. The quantitative estimate of drug-likeness (QED) is 0.212. The van der Waals surface area contributed by atoms with Crippen molar-refractivity contribution in [1.82, 2.24) is 10.2 Å². The van der Waals surface area contributed by atoms with Gasteiger partial charge in [-0.05, 0) is 76.4 Å². The van der Waals surface area contributed by atoms with Crippen LogP contribution in [0.4, 0.5) is 0 Å². The molecule has 0 unspecified atom stereocenters. The standard InChI is InChI=1S/C32H39Cl2IN2O7/c1-43-28-14-21(18-39)13-25(35)31(28)44-27-16-22(32(42)36-10-11-38)15-26(30(27)41)37(17-20-6-8-23(33)24(34)12-20)29(40)9-7-19-4-2-3-5-19/h6,8,12-14,16,19,26-27,30,38-39,41H,2-5,7,9-11,15,17-18H2,1H3,(H,36,42)/t26-,27+,30+/m1/s1. The van der Waals surface area contributed by atoms with Gasteiger partial charge in [0, 0.05) is 31.5 Å². The number of carbonyl (C=O) groups is 2. The van der Waals surface area contributed by atoms with Gasteiger partial charge in [-0.1, -0.05) is 55.0 Å². The molecule has 2 aromatic carbocycles. The van der Waals surface area contributed by atoms with Gasteiger partial charge in [0.05, 0.1) is 40.0 Å². The van der Waals surface area contributed by atoms with Gasteiger partial charge in [0.25, 0.3) is 0 Å². The van der Waals surface area contributed by atoms with Gasteiger partial charge in [-0.15, -0.1) is 0 Å². The van der Waals surface area contributed by atoms with E-state index >= 15 is 0 Å². The molecule has 12 heteroatoms. The molecule has 4 rings (SSSR count). The molecule has 3 atom stereocenters. The molecule has 9 nitrogen and oxygen atoms in total. The minimum absolute atomic E-state index is 0.0522. The topological polar surface area (TPSA) is 129 Å². The van der Waals surface area contributed by atoms with Crippen LogP contribution in [0.5, 0.6) is 11.5 Å². The van der Waals surface area contributed by atoms with E-state index in [9.17, 15) is 24.9 Å². The van der Waals surface area contributed by atoms with E-state index in [1.54, 1.807) is 41.3 Å². The summed E-state index contributed by atoms with van der Waals surface area (Å²) >= 11 is 14.5. The molecule has 0 spiro atoms. The number of nitrogens with zero attached hydrogens (tertiary/aromatic N) is 1. The maximum atomic E-state index is 14.0. The summed E-state index contributed by atoms with van der Waals surface area (Å²) in [5, 5.41) is 34.2. The first kappa shape index (κ1) is 34.8. The number of nitrogens with one attached hydrogen (secondary N) is 1. The third-order valence-corrected chi connectivity index (χ3v) is 9.78. The highest BCUT2D eigenvalue weighted by Crippen LogP contribution is 2.38. The first-order valence-corrected chi connectivity index (χ1v) is 16.6. The molecule has 0 heterocycles. The Morgan fingerprint density at radius 3 is 2.50 bits per heavy atom. The van der Waals surface area contributed by atoms with Crippen LogP contribution in [-0.2, 0) is 22.7 Å². The zero-order chi connectivity index (χ0) is 31.8. The van der Waals surface area contributed by atoms with Gasteiger partial charge in [-0.2, -0.15) is 0 Å². The summed E-state index contributed by atoms with van der Waals surface area (Å²) in [6, 6.07) is 7.73. The van der Waals surface area contributed by atoms with Crippen LogP contribution in [0.15, 0.2) is 42.0 Å². The minimum atomic E-state index is -1.21. The van der Waals surface area contributed by atoms with E-state index in [-0.39, 0.29) is 38.6 Å². The third-order valence-electron chi connectivity index (χ3n) is 8.24. The molecule has 0 aliphatic heterocycles. The van der Waals surface area contributed by atoms with Gasteiger partial charge in [0.2, 0.25) is 11.8 Å².